The van der Waals surface area contributed by atoms with Crippen LogP contribution in [0.1, 0.15) is 35.3 Å². The number of nitrogens with one attached hydrogen (secondary N) is 1. The molecular weight excluding hydrogens is 348 g/mol. The first kappa shape index (κ1) is 18.2. The molecule has 0 saturated carbocycles. The predicted molar refractivity (Wildman–Crippen MR) is 106 cm³/mol. The SMILES string of the molecule is Cc1cccc2cc(CN(C(=O)c3ccc(Cl)cc3)C(C)C)c(=O)[nH]c12. The molecule has 3 rings (SSSR count). The van der Waals surface area contributed by atoms with E-state index in [4.69, 9.17) is 11.6 Å². The van der Waals surface area contributed by atoms with Crippen LogP contribution < -0.4 is 5.56 Å². The van der Waals surface area contributed by atoms with Crippen LogP contribution in [-0.4, -0.2) is 21.8 Å². The number of para-hydroxylation sites is 1. The summed E-state index contributed by atoms with van der Waals surface area (Å²) in [6.45, 7) is 6.08. The van der Waals surface area contributed by atoms with Gasteiger partial charge in [-0.05, 0) is 62.1 Å². The second-order valence-electron chi connectivity index (χ2n) is 6.70. The smallest absolute Gasteiger partial charge is 0.254 e. The lowest BCUT2D eigenvalue weighted by Gasteiger charge is -2.27. The van der Waals surface area contributed by atoms with Gasteiger partial charge >= 0.3 is 0 Å². The molecule has 2 aromatic carbocycles. The number of carbonyl (C=O) groups is 1. The molecule has 134 valence electrons. The molecule has 0 unspecified atom stereocenters. The van der Waals surface area contributed by atoms with E-state index in [0.29, 0.717) is 16.1 Å². The maximum absolute atomic E-state index is 12.9. The van der Waals surface area contributed by atoms with E-state index in [2.05, 4.69) is 4.98 Å². The Bertz CT molecular complexity index is 1010. The lowest BCUT2D eigenvalue weighted by atomic mass is 10.1. The van der Waals surface area contributed by atoms with Crippen molar-refractivity contribution in [1.82, 2.24) is 9.88 Å². The van der Waals surface area contributed by atoms with Crippen LogP contribution >= 0.6 is 11.6 Å². The maximum Gasteiger partial charge on any atom is 0.254 e. The molecule has 0 radical (unpaired) electrons. The van der Waals surface area contributed by atoms with E-state index in [1.165, 1.54) is 0 Å². The molecule has 0 saturated heterocycles. The number of aromatic amines is 1. The van der Waals surface area contributed by atoms with Crippen LogP contribution in [0.4, 0.5) is 0 Å². The van der Waals surface area contributed by atoms with Gasteiger partial charge in [0, 0.05) is 22.2 Å². The molecule has 0 aliphatic rings. The Morgan fingerprint density at radius 2 is 1.85 bits per heavy atom. The number of hydrogen-bond acceptors (Lipinski definition) is 2. The number of pyridine rings is 1. The summed E-state index contributed by atoms with van der Waals surface area (Å²) >= 11 is 5.91. The van der Waals surface area contributed by atoms with Gasteiger partial charge in [-0.3, -0.25) is 9.59 Å². The van der Waals surface area contributed by atoms with Gasteiger partial charge in [-0.1, -0.05) is 29.8 Å². The van der Waals surface area contributed by atoms with E-state index < -0.39 is 0 Å². The van der Waals surface area contributed by atoms with Gasteiger partial charge in [-0.25, -0.2) is 0 Å². The van der Waals surface area contributed by atoms with Crippen molar-refractivity contribution in [3.05, 3.63) is 80.6 Å². The van der Waals surface area contributed by atoms with E-state index in [1.807, 2.05) is 45.0 Å². The Hall–Kier alpha value is -2.59. The van der Waals surface area contributed by atoms with Crippen molar-refractivity contribution in [1.29, 1.82) is 0 Å². The standard InChI is InChI=1S/C21H21ClN2O2/c1-13(2)24(21(26)15-7-9-18(22)10-8-15)12-17-11-16-6-4-5-14(3)19(16)23-20(17)25/h4-11,13H,12H2,1-3H3,(H,23,25). The van der Waals surface area contributed by atoms with Crippen LogP contribution in [-0.2, 0) is 6.54 Å². The Labute approximate surface area is 157 Å². The molecular formula is C21H21ClN2O2. The third-order valence-corrected chi connectivity index (χ3v) is 4.73. The molecule has 1 aromatic heterocycles. The lowest BCUT2D eigenvalue weighted by molar-refractivity contribution is 0.0689. The molecule has 0 fully saturated rings. The monoisotopic (exact) mass is 368 g/mol. The van der Waals surface area contributed by atoms with Gasteiger partial charge in [0.2, 0.25) is 0 Å². The molecule has 26 heavy (non-hydrogen) atoms. The first-order valence-corrected chi connectivity index (χ1v) is 8.92. The average molecular weight is 369 g/mol. The molecule has 1 heterocycles. The molecule has 4 nitrogen and oxygen atoms in total. The van der Waals surface area contributed by atoms with E-state index in [9.17, 15) is 9.59 Å². The van der Waals surface area contributed by atoms with Crippen molar-refractivity contribution < 1.29 is 4.79 Å². The van der Waals surface area contributed by atoms with Crippen molar-refractivity contribution in [2.24, 2.45) is 0 Å². The molecule has 5 heteroatoms. The minimum absolute atomic E-state index is 0.0502. The lowest BCUT2D eigenvalue weighted by Crippen LogP contribution is -2.38. The van der Waals surface area contributed by atoms with Crippen molar-refractivity contribution in [2.45, 2.75) is 33.4 Å². The fraction of sp³-hybridized carbons (Fsp3) is 0.238. The highest BCUT2D eigenvalue weighted by molar-refractivity contribution is 6.30. The number of rotatable bonds is 4. The van der Waals surface area contributed by atoms with Gasteiger partial charge in [-0.2, -0.15) is 0 Å². The van der Waals surface area contributed by atoms with Crippen LogP contribution in [0, 0.1) is 6.92 Å². The van der Waals surface area contributed by atoms with Crippen LogP contribution in [0.25, 0.3) is 10.9 Å². The zero-order valence-electron chi connectivity index (χ0n) is 15.0. The summed E-state index contributed by atoms with van der Waals surface area (Å²) in [6.07, 6.45) is 0. The van der Waals surface area contributed by atoms with Gasteiger partial charge in [0.25, 0.3) is 11.5 Å². The fourth-order valence-corrected chi connectivity index (χ4v) is 3.10. The highest BCUT2D eigenvalue weighted by Gasteiger charge is 2.20. The number of benzene rings is 2. The zero-order valence-corrected chi connectivity index (χ0v) is 15.8. The highest BCUT2D eigenvalue weighted by Crippen LogP contribution is 2.18. The maximum atomic E-state index is 12.9. The number of carbonyl (C=O) groups excluding carboxylic acids is 1. The second kappa shape index (κ2) is 7.34. The van der Waals surface area contributed by atoms with E-state index in [-0.39, 0.29) is 24.1 Å². The minimum atomic E-state index is -0.165. The molecule has 1 N–H and O–H groups in total. The molecule has 0 bridgehead atoms. The number of nitrogens with zero attached hydrogens (tertiary/aromatic N) is 1. The van der Waals surface area contributed by atoms with Gasteiger partial charge < -0.3 is 9.88 Å². The number of aromatic nitrogens is 1. The van der Waals surface area contributed by atoms with Crippen LogP contribution in [0.5, 0.6) is 0 Å². The van der Waals surface area contributed by atoms with E-state index in [1.54, 1.807) is 29.2 Å². The highest BCUT2D eigenvalue weighted by atomic mass is 35.5. The number of H-pyrrole nitrogens is 1. The van der Waals surface area contributed by atoms with Gasteiger partial charge in [0.1, 0.15) is 0 Å². The summed E-state index contributed by atoms with van der Waals surface area (Å²) < 4.78 is 0. The summed E-state index contributed by atoms with van der Waals surface area (Å²) in [5, 5.41) is 1.54. The fourth-order valence-electron chi connectivity index (χ4n) is 2.98. The van der Waals surface area contributed by atoms with Crippen LogP contribution in [0.3, 0.4) is 0 Å². The number of halogens is 1. The third-order valence-electron chi connectivity index (χ3n) is 4.48. The molecule has 0 aliphatic heterocycles. The topological polar surface area (TPSA) is 53.2 Å². The Balaban J connectivity index is 1.97. The quantitative estimate of drug-likeness (QED) is 0.735. The largest absolute Gasteiger partial charge is 0.332 e. The molecule has 3 aromatic rings. The molecule has 0 spiro atoms. The van der Waals surface area contributed by atoms with E-state index >= 15 is 0 Å². The zero-order chi connectivity index (χ0) is 18.8. The average Bonchev–Trinajstić information content (AvgIpc) is 2.60. The number of hydrogen-bond donors (Lipinski definition) is 1. The van der Waals surface area contributed by atoms with Crippen LogP contribution in [0.2, 0.25) is 5.02 Å². The first-order valence-electron chi connectivity index (χ1n) is 8.55. The summed E-state index contributed by atoms with van der Waals surface area (Å²) in [6, 6.07) is 14.5. The number of amides is 1. The Kier molecular flexibility index (Phi) is 5.14. The van der Waals surface area contributed by atoms with Gasteiger partial charge in [-0.15, -0.1) is 0 Å². The number of aryl methyl sites for hydroxylation is 1. The second-order valence-corrected chi connectivity index (χ2v) is 7.13. The van der Waals surface area contributed by atoms with Crippen molar-refractivity contribution >= 4 is 28.4 Å². The van der Waals surface area contributed by atoms with Crippen molar-refractivity contribution in [3.63, 3.8) is 0 Å². The molecule has 1 amide bonds. The molecule has 0 atom stereocenters. The first-order chi connectivity index (χ1) is 12.4. The van der Waals surface area contributed by atoms with Crippen molar-refractivity contribution in [2.75, 3.05) is 0 Å². The summed E-state index contributed by atoms with van der Waals surface area (Å²) in [5.74, 6) is -0.125. The third kappa shape index (κ3) is 3.65. The normalized spacial score (nSPS) is 11.1. The minimum Gasteiger partial charge on any atom is -0.332 e. The summed E-state index contributed by atoms with van der Waals surface area (Å²) in [4.78, 5) is 30.1. The molecule has 0 aliphatic carbocycles. The number of fused-ring (bicyclic) bond motifs is 1. The van der Waals surface area contributed by atoms with Gasteiger partial charge in [0.15, 0.2) is 0 Å². The Morgan fingerprint density at radius 3 is 2.50 bits per heavy atom. The predicted octanol–water partition coefficient (Wildman–Crippen LogP) is 4.54. The summed E-state index contributed by atoms with van der Waals surface area (Å²) in [7, 11) is 0. The van der Waals surface area contributed by atoms with E-state index in [0.717, 1.165) is 16.5 Å². The van der Waals surface area contributed by atoms with Crippen molar-refractivity contribution in [3.8, 4) is 0 Å². The van der Waals surface area contributed by atoms with Gasteiger partial charge in [0.05, 0.1) is 12.1 Å². The summed E-state index contributed by atoms with van der Waals surface area (Å²) in [5.41, 5.74) is 2.81. The van der Waals surface area contributed by atoms with Crippen LogP contribution in [0.15, 0.2) is 53.3 Å². The Morgan fingerprint density at radius 1 is 1.15 bits per heavy atom.